The number of hydrazone groups is 1. The Bertz CT molecular complexity index is 1260. The molecule has 0 radical (unpaired) electrons. The van der Waals surface area contributed by atoms with Gasteiger partial charge in [0.2, 0.25) is 5.91 Å². The SMILES string of the molecule is CC1=NN(c2ccccc2)C2NC(=O)[C@H](NC(=O)c3cccc(C)c3)[C@@H](c3ccc(Br)cc3)C12. The van der Waals surface area contributed by atoms with Crippen LogP contribution in [0, 0.1) is 12.8 Å². The van der Waals surface area contributed by atoms with E-state index >= 15 is 0 Å². The van der Waals surface area contributed by atoms with Crippen LogP contribution in [-0.4, -0.2) is 29.7 Å². The largest absolute Gasteiger partial charge is 0.340 e. The van der Waals surface area contributed by atoms with Crippen molar-refractivity contribution >= 4 is 39.1 Å². The molecule has 2 aliphatic rings. The quantitative estimate of drug-likeness (QED) is 0.531. The summed E-state index contributed by atoms with van der Waals surface area (Å²) in [6, 6.07) is 24.4. The molecular formula is C27H25BrN4O2. The zero-order chi connectivity index (χ0) is 23.8. The topological polar surface area (TPSA) is 73.8 Å². The van der Waals surface area contributed by atoms with Gasteiger partial charge in [-0.05, 0) is 55.8 Å². The molecule has 34 heavy (non-hydrogen) atoms. The van der Waals surface area contributed by atoms with Crippen molar-refractivity contribution in [3.8, 4) is 0 Å². The van der Waals surface area contributed by atoms with Crippen LogP contribution >= 0.6 is 15.9 Å². The molecule has 0 aliphatic carbocycles. The van der Waals surface area contributed by atoms with Gasteiger partial charge in [-0.3, -0.25) is 9.59 Å². The third-order valence-corrected chi connectivity index (χ3v) is 7.04. The molecule has 2 aliphatic heterocycles. The van der Waals surface area contributed by atoms with E-state index in [-0.39, 0.29) is 29.8 Å². The molecule has 1 saturated heterocycles. The first-order valence-electron chi connectivity index (χ1n) is 11.2. The molecule has 7 heteroatoms. The summed E-state index contributed by atoms with van der Waals surface area (Å²) in [7, 11) is 0. The summed E-state index contributed by atoms with van der Waals surface area (Å²) in [5, 5.41) is 12.9. The fourth-order valence-electron chi connectivity index (χ4n) is 4.94. The van der Waals surface area contributed by atoms with Gasteiger partial charge in [0.05, 0.1) is 5.69 Å². The van der Waals surface area contributed by atoms with E-state index in [1.807, 2.05) is 91.7 Å². The zero-order valence-electron chi connectivity index (χ0n) is 18.9. The summed E-state index contributed by atoms with van der Waals surface area (Å²) in [5.74, 6) is -0.877. The molecule has 3 aromatic rings. The van der Waals surface area contributed by atoms with Crippen molar-refractivity contribution < 1.29 is 9.59 Å². The Balaban J connectivity index is 1.53. The number of fused-ring (bicyclic) bond motifs is 1. The number of carbonyl (C=O) groups is 2. The molecule has 2 heterocycles. The standard InChI is InChI=1S/C27H25BrN4O2/c1-16-7-6-8-19(15-16)26(33)29-24-23(18-11-13-20(28)14-12-18)22-17(2)31-32(25(22)30-27(24)34)21-9-4-3-5-10-21/h3-15,22-25H,1-2H3,(H,29,33)(H,30,34)/t22?,23-,24+,25?/m0/s1. The molecule has 6 nitrogen and oxygen atoms in total. The Labute approximate surface area is 207 Å². The number of piperidine rings is 1. The van der Waals surface area contributed by atoms with E-state index in [4.69, 9.17) is 5.10 Å². The number of aryl methyl sites for hydroxylation is 1. The molecule has 0 bridgehead atoms. The van der Waals surface area contributed by atoms with Crippen LogP contribution in [-0.2, 0) is 4.79 Å². The minimum Gasteiger partial charge on any atom is -0.340 e. The van der Waals surface area contributed by atoms with E-state index in [9.17, 15) is 9.59 Å². The number of nitrogens with one attached hydrogen (secondary N) is 2. The van der Waals surface area contributed by atoms with Crippen LogP contribution in [0.4, 0.5) is 5.69 Å². The molecule has 2 N–H and O–H groups in total. The van der Waals surface area contributed by atoms with Crippen molar-refractivity contribution in [2.75, 3.05) is 5.01 Å². The van der Waals surface area contributed by atoms with Gasteiger partial charge in [0, 0.05) is 27.6 Å². The van der Waals surface area contributed by atoms with Crippen LogP contribution in [0.1, 0.15) is 34.3 Å². The van der Waals surface area contributed by atoms with Crippen molar-refractivity contribution in [1.29, 1.82) is 0 Å². The van der Waals surface area contributed by atoms with Crippen molar-refractivity contribution in [1.82, 2.24) is 10.6 Å². The van der Waals surface area contributed by atoms with E-state index in [0.29, 0.717) is 5.56 Å². The summed E-state index contributed by atoms with van der Waals surface area (Å²) < 4.78 is 0.955. The summed E-state index contributed by atoms with van der Waals surface area (Å²) in [5.41, 5.74) is 4.32. The Morgan fingerprint density at radius 2 is 1.71 bits per heavy atom. The van der Waals surface area contributed by atoms with Crippen LogP contribution in [0.3, 0.4) is 0 Å². The van der Waals surface area contributed by atoms with Gasteiger partial charge in [0.25, 0.3) is 5.91 Å². The van der Waals surface area contributed by atoms with Gasteiger partial charge in [-0.15, -0.1) is 0 Å². The third kappa shape index (κ3) is 4.12. The summed E-state index contributed by atoms with van der Waals surface area (Å²) in [6.07, 6.45) is -0.337. The number of hydrogen-bond acceptors (Lipinski definition) is 4. The first-order chi connectivity index (χ1) is 16.4. The van der Waals surface area contributed by atoms with Crippen LogP contribution in [0.5, 0.6) is 0 Å². The normalized spacial score (nSPS) is 23.7. The number of amides is 2. The van der Waals surface area contributed by atoms with E-state index in [1.165, 1.54) is 0 Å². The Hall–Kier alpha value is -3.45. The number of nitrogens with zero attached hydrogens (tertiary/aromatic N) is 2. The maximum atomic E-state index is 13.5. The van der Waals surface area contributed by atoms with Crippen molar-refractivity contribution in [2.24, 2.45) is 11.0 Å². The number of hydrogen-bond donors (Lipinski definition) is 2. The van der Waals surface area contributed by atoms with Crippen molar-refractivity contribution in [3.05, 3.63) is 100 Å². The van der Waals surface area contributed by atoms with Gasteiger partial charge in [-0.1, -0.05) is 64.0 Å². The Morgan fingerprint density at radius 3 is 2.41 bits per heavy atom. The molecule has 2 unspecified atom stereocenters. The Kier molecular flexibility index (Phi) is 5.96. The van der Waals surface area contributed by atoms with Crippen LogP contribution in [0.25, 0.3) is 0 Å². The van der Waals surface area contributed by atoms with Gasteiger partial charge >= 0.3 is 0 Å². The number of anilines is 1. The van der Waals surface area contributed by atoms with Crippen molar-refractivity contribution in [2.45, 2.75) is 32.0 Å². The lowest BCUT2D eigenvalue weighted by atomic mass is 9.74. The molecule has 5 rings (SSSR count). The van der Waals surface area contributed by atoms with Crippen LogP contribution in [0.15, 0.2) is 88.4 Å². The van der Waals surface area contributed by atoms with Gasteiger partial charge in [-0.25, -0.2) is 5.01 Å². The van der Waals surface area contributed by atoms with Gasteiger partial charge in [0.1, 0.15) is 12.2 Å². The maximum absolute atomic E-state index is 13.5. The molecule has 4 atom stereocenters. The fraction of sp³-hybridized carbons (Fsp3) is 0.222. The Morgan fingerprint density at radius 1 is 0.971 bits per heavy atom. The highest BCUT2D eigenvalue weighted by molar-refractivity contribution is 9.10. The highest BCUT2D eigenvalue weighted by atomic mass is 79.9. The van der Waals surface area contributed by atoms with E-state index in [1.54, 1.807) is 6.07 Å². The summed E-state index contributed by atoms with van der Waals surface area (Å²) in [6.45, 7) is 3.93. The highest BCUT2D eigenvalue weighted by Crippen LogP contribution is 2.41. The molecule has 1 fully saturated rings. The number of rotatable bonds is 4. The van der Waals surface area contributed by atoms with E-state index in [0.717, 1.165) is 27.0 Å². The third-order valence-electron chi connectivity index (χ3n) is 6.51. The lowest BCUT2D eigenvalue weighted by Gasteiger charge is -2.42. The second kappa shape index (κ2) is 9.06. The molecule has 2 amide bonds. The van der Waals surface area contributed by atoms with Gasteiger partial charge in [0.15, 0.2) is 0 Å². The first kappa shape index (κ1) is 22.3. The second-order valence-electron chi connectivity index (χ2n) is 8.80. The molecule has 3 aromatic carbocycles. The van der Waals surface area contributed by atoms with E-state index < -0.39 is 6.04 Å². The lowest BCUT2D eigenvalue weighted by molar-refractivity contribution is -0.126. The minimum absolute atomic E-state index is 0.109. The van der Waals surface area contributed by atoms with Crippen LogP contribution in [0.2, 0.25) is 0 Å². The van der Waals surface area contributed by atoms with Crippen molar-refractivity contribution in [3.63, 3.8) is 0 Å². The second-order valence-corrected chi connectivity index (χ2v) is 9.71. The fourth-order valence-corrected chi connectivity index (χ4v) is 5.21. The minimum atomic E-state index is -0.740. The average molecular weight is 517 g/mol. The van der Waals surface area contributed by atoms with Gasteiger partial charge < -0.3 is 10.6 Å². The number of carbonyl (C=O) groups excluding carboxylic acids is 2. The first-order valence-corrected chi connectivity index (χ1v) is 12.0. The number of benzene rings is 3. The monoisotopic (exact) mass is 516 g/mol. The van der Waals surface area contributed by atoms with Crippen LogP contribution < -0.4 is 15.6 Å². The van der Waals surface area contributed by atoms with Gasteiger partial charge in [-0.2, -0.15) is 5.10 Å². The lowest BCUT2D eigenvalue weighted by Crippen LogP contribution is -2.64. The van der Waals surface area contributed by atoms with E-state index in [2.05, 4.69) is 26.6 Å². The number of para-hydroxylation sites is 1. The molecule has 0 saturated carbocycles. The predicted molar refractivity (Wildman–Crippen MR) is 137 cm³/mol. The predicted octanol–water partition coefficient (Wildman–Crippen LogP) is 4.61. The molecule has 0 aromatic heterocycles. The number of halogens is 1. The average Bonchev–Trinajstić information content (AvgIpc) is 3.16. The molecule has 172 valence electrons. The molecule has 0 spiro atoms. The summed E-state index contributed by atoms with van der Waals surface area (Å²) >= 11 is 3.50. The zero-order valence-corrected chi connectivity index (χ0v) is 20.5. The highest BCUT2D eigenvalue weighted by Gasteiger charge is 2.51. The maximum Gasteiger partial charge on any atom is 0.251 e. The molecular weight excluding hydrogens is 492 g/mol. The smallest absolute Gasteiger partial charge is 0.251 e. The summed E-state index contributed by atoms with van der Waals surface area (Å²) in [4.78, 5) is 26.7.